The molecular formula is C12H19ClFNOS. The number of hydrogen-bond acceptors (Lipinski definition) is 3. The standard InChI is InChI=1S/C12H18FNOS.ClH/c13-10-4-6-12(7-5-10)15-8-2-1-3-11(14)9-16;/h4-7,11,16H,1-3,8-9,14H2;1H/t11-;/m1./s1. The zero-order valence-electron chi connectivity index (χ0n) is 9.64. The molecule has 1 aromatic carbocycles. The number of ether oxygens (including phenoxy) is 1. The summed E-state index contributed by atoms with van der Waals surface area (Å²) < 4.78 is 18.0. The van der Waals surface area contributed by atoms with Crippen LogP contribution in [-0.2, 0) is 0 Å². The fourth-order valence-electron chi connectivity index (χ4n) is 1.32. The average molecular weight is 280 g/mol. The van der Waals surface area contributed by atoms with Crippen LogP contribution in [0.15, 0.2) is 24.3 Å². The minimum Gasteiger partial charge on any atom is -0.494 e. The van der Waals surface area contributed by atoms with Gasteiger partial charge in [-0.1, -0.05) is 0 Å². The van der Waals surface area contributed by atoms with Crippen LogP contribution in [0.25, 0.3) is 0 Å². The second-order valence-electron chi connectivity index (χ2n) is 3.74. The molecule has 0 saturated heterocycles. The van der Waals surface area contributed by atoms with Crippen LogP contribution in [0.1, 0.15) is 19.3 Å². The largest absolute Gasteiger partial charge is 0.494 e. The van der Waals surface area contributed by atoms with Crippen molar-refractivity contribution in [2.45, 2.75) is 25.3 Å². The van der Waals surface area contributed by atoms with Gasteiger partial charge in [0.1, 0.15) is 11.6 Å². The van der Waals surface area contributed by atoms with Gasteiger partial charge in [0.15, 0.2) is 0 Å². The van der Waals surface area contributed by atoms with Gasteiger partial charge < -0.3 is 10.5 Å². The van der Waals surface area contributed by atoms with Gasteiger partial charge in [-0.05, 0) is 43.5 Å². The predicted octanol–water partition coefficient (Wildman–Crippen LogP) is 3.05. The predicted molar refractivity (Wildman–Crippen MR) is 74.8 cm³/mol. The second-order valence-corrected chi connectivity index (χ2v) is 4.11. The first kappa shape index (κ1) is 16.6. The molecule has 0 spiro atoms. The van der Waals surface area contributed by atoms with Crippen molar-refractivity contribution in [1.29, 1.82) is 0 Å². The molecule has 0 radical (unpaired) electrons. The van der Waals surface area contributed by atoms with Crippen molar-refractivity contribution in [2.75, 3.05) is 12.4 Å². The number of hydrogen-bond donors (Lipinski definition) is 2. The van der Waals surface area contributed by atoms with Crippen molar-refractivity contribution in [3.63, 3.8) is 0 Å². The van der Waals surface area contributed by atoms with Gasteiger partial charge >= 0.3 is 0 Å². The van der Waals surface area contributed by atoms with E-state index >= 15 is 0 Å². The first-order chi connectivity index (χ1) is 7.72. The van der Waals surface area contributed by atoms with Gasteiger partial charge in [-0.3, -0.25) is 0 Å². The molecule has 17 heavy (non-hydrogen) atoms. The van der Waals surface area contributed by atoms with Gasteiger partial charge in [0.2, 0.25) is 0 Å². The number of benzene rings is 1. The van der Waals surface area contributed by atoms with Crippen LogP contribution >= 0.6 is 25.0 Å². The van der Waals surface area contributed by atoms with Crippen molar-refractivity contribution in [3.8, 4) is 5.75 Å². The number of rotatable bonds is 7. The summed E-state index contributed by atoms with van der Waals surface area (Å²) in [5.74, 6) is 1.19. The molecule has 0 unspecified atom stereocenters. The van der Waals surface area contributed by atoms with E-state index in [-0.39, 0.29) is 24.3 Å². The summed E-state index contributed by atoms with van der Waals surface area (Å²) in [4.78, 5) is 0. The fourth-order valence-corrected chi connectivity index (χ4v) is 1.50. The maximum Gasteiger partial charge on any atom is 0.123 e. The quantitative estimate of drug-likeness (QED) is 0.594. The van der Waals surface area contributed by atoms with E-state index in [4.69, 9.17) is 10.5 Å². The van der Waals surface area contributed by atoms with E-state index in [1.165, 1.54) is 12.1 Å². The Bertz CT molecular complexity index is 297. The lowest BCUT2D eigenvalue weighted by atomic mass is 10.1. The van der Waals surface area contributed by atoms with Crippen LogP contribution in [-0.4, -0.2) is 18.4 Å². The Labute approximate surface area is 114 Å². The summed E-state index contributed by atoms with van der Waals surface area (Å²) in [6.07, 6.45) is 2.96. The summed E-state index contributed by atoms with van der Waals surface area (Å²) in [5.41, 5.74) is 5.72. The zero-order chi connectivity index (χ0) is 11.8. The maximum atomic E-state index is 12.6. The highest BCUT2D eigenvalue weighted by Gasteiger charge is 1.99. The van der Waals surface area contributed by atoms with E-state index in [0.717, 1.165) is 25.0 Å². The maximum absolute atomic E-state index is 12.6. The molecule has 1 aromatic rings. The van der Waals surface area contributed by atoms with Crippen LogP contribution in [0.2, 0.25) is 0 Å². The molecule has 0 amide bonds. The van der Waals surface area contributed by atoms with Gasteiger partial charge in [-0.15, -0.1) is 12.4 Å². The molecule has 1 atom stereocenters. The third kappa shape index (κ3) is 7.47. The Balaban J connectivity index is 0.00000256. The molecule has 2 N–H and O–H groups in total. The minimum atomic E-state index is -0.243. The Hall–Kier alpha value is -0.450. The molecular weight excluding hydrogens is 261 g/mol. The summed E-state index contributed by atoms with van der Waals surface area (Å²) in [5, 5.41) is 0. The molecule has 5 heteroatoms. The van der Waals surface area contributed by atoms with Crippen LogP contribution < -0.4 is 10.5 Å². The van der Waals surface area contributed by atoms with Gasteiger partial charge in [0.05, 0.1) is 6.61 Å². The molecule has 0 fully saturated rings. The number of thiol groups is 1. The highest BCUT2D eigenvalue weighted by molar-refractivity contribution is 7.80. The van der Waals surface area contributed by atoms with E-state index in [0.29, 0.717) is 12.4 Å². The average Bonchev–Trinajstić information content (AvgIpc) is 2.31. The van der Waals surface area contributed by atoms with Gasteiger partial charge in [0, 0.05) is 11.8 Å². The Morgan fingerprint density at radius 2 is 1.88 bits per heavy atom. The number of halogens is 2. The number of unbranched alkanes of at least 4 members (excludes halogenated alkanes) is 1. The molecule has 0 bridgehead atoms. The molecule has 0 aromatic heterocycles. The third-order valence-corrected chi connectivity index (χ3v) is 2.76. The number of nitrogens with two attached hydrogens (primary N) is 1. The first-order valence-electron chi connectivity index (χ1n) is 5.47. The van der Waals surface area contributed by atoms with Crippen molar-refractivity contribution < 1.29 is 9.13 Å². The van der Waals surface area contributed by atoms with Crippen LogP contribution in [0.3, 0.4) is 0 Å². The lowest BCUT2D eigenvalue weighted by Crippen LogP contribution is -2.21. The van der Waals surface area contributed by atoms with E-state index in [1.54, 1.807) is 12.1 Å². The normalized spacial score (nSPS) is 11.7. The van der Waals surface area contributed by atoms with E-state index in [9.17, 15) is 4.39 Å². The second kappa shape index (κ2) is 9.57. The van der Waals surface area contributed by atoms with E-state index in [2.05, 4.69) is 12.6 Å². The Kier molecular flexibility index (Phi) is 9.31. The smallest absolute Gasteiger partial charge is 0.123 e. The highest BCUT2D eigenvalue weighted by Crippen LogP contribution is 2.11. The van der Waals surface area contributed by atoms with Crippen molar-refractivity contribution in [3.05, 3.63) is 30.1 Å². The molecule has 98 valence electrons. The van der Waals surface area contributed by atoms with Crippen molar-refractivity contribution >= 4 is 25.0 Å². The summed E-state index contributed by atoms with van der Waals surface area (Å²) in [6.45, 7) is 0.644. The van der Waals surface area contributed by atoms with E-state index in [1.807, 2.05) is 0 Å². The molecule has 1 rings (SSSR count). The van der Waals surface area contributed by atoms with Crippen molar-refractivity contribution in [1.82, 2.24) is 0 Å². The highest BCUT2D eigenvalue weighted by atomic mass is 35.5. The third-order valence-electron chi connectivity index (χ3n) is 2.29. The SMILES string of the molecule is Cl.N[C@@H](CS)CCCCOc1ccc(F)cc1. The molecule has 2 nitrogen and oxygen atoms in total. The van der Waals surface area contributed by atoms with Crippen LogP contribution in [0, 0.1) is 5.82 Å². The van der Waals surface area contributed by atoms with Crippen molar-refractivity contribution in [2.24, 2.45) is 5.73 Å². The topological polar surface area (TPSA) is 35.2 Å². The zero-order valence-corrected chi connectivity index (χ0v) is 11.4. The van der Waals surface area contributed by atoms with Crippen LogP contribution in [0.4, 0.5) is 4.39 Å². The van der Waals surface area contributed by atoms with Gasteiger partial charge in [-0.2, -0.15) is 12.6 Å². The van der Waals surface area contributed by atoms with Gasteiger partial charge in [-0.25, -0.2) is 4.39 Å². The minimum absolute atomic E-state index is 0. The van der Waals surface area contributed by atoms with Gasteiger partial charge in [0.25, 0.3) is 0 Å². The van der Waals surface area contributed by atoms with E-state index < -0.39 is 0 Å². The fraction of sp³-hybridized carbons (Fsp3) is 0.500. The first-order valence-corrected chi connectivity index (χ1v) is 6.10. The monoisotopic (exact) mass is 279 g/mol. The lowest BCUT2D eigenvalue weighted by molar-refractivity contribution is 0.303. The molecule has 0 saturated carbocycles. The summed E-state index contributed by atoms with van der Waals surface area (Å²) in [6, 6.07) is 6.23. The Morgan fingerprint density at radius 3 is 2.47 bits per heavy atom. The summed E-state index contributed by atoms with van der Waals surface area (Å²) >= 11 is 4.12. The molecule has 0 aliphatic heterocycles. The molecule has 0 heterocycles. The van der Waals surface area contributed by atoms with Crippen LogP contribution in [0.5, 0.6) is 5.75 Å². The summed E-state index contributed by atoms with van der Waals surface area (Å²) in [7, 11) is 0. The Morgan fingerprint density at radius 1 is 1.24 bits per heavy atom. The lowest BCUT2D eigenvalue weighted by Gasteiger charge is -2.08. The molecule has 0 aliphatic rings. The molecule has 0 aliphatic carbocycles.